The Morgan fingerprint density at radius 3 is 2.87 bits per heavy atom. The second-order valence-corrected chi connectivity index (χ2v) is 3.73. The van der Waals surface area contributed by atoms with Crippen molar-refractivity contribution in [3.05, 3.63) is 35.4 Å². The van der Waals surface area contributed by atoms with Gasteiger partial charge in [0.15, 0.2) is 0 Å². The van der Waals surface area contributed by atoms with E-state index in [1.807, 2.05) is 12.1 Å². The van der Waals surface area contributed by atoms with Crippen molar-refractivity contribution in [3.63, 3.8) is 0 Å². The highest BCUT2D eigenvalue weighted by molar-refractivity contribution is 5.38. The molecule has 0 saturated carbocycles. The first-order chi connectivity index (χ1) is 7.16. The number of hydrogen-bond donors (Lipinski definition) is 3. The van der Waals surface area contributed by atoms with E-state index in [0.29, 0.717) is 18.5 Å². The van der Waals surface area contributed by atoms with Crippen molar-refractivity contribution in [2.45, 2.75) is 18.2 Å². The molecule has 0 radical (unpaired) electrons. The minimum Gasteiger partial charge on any atom is -0.361 e. The molecule has 15 heavy (non-hydrogen) atoms. The van der Waals surface area contributed by atoms with E-state index in [1.54, 1.807) is 12.1 Å². The normalized spacial score (nSPS) is 22.1. The van der Waals surface area contributed by atoms with Gasteiger partial charge < -0.3 is 10.2 Å². The molecule has 0 spiro atoms. The Morgan fingerprint density at radius 2 is 2.20 bits per heavy atom. The number of benzene rings is 1. The molecule has 0 fully saturated rings. The predicted molar refractivity (Wildman–Crippen MR) is 56.9 cm³/mol. The van der Waals surface area contributed by atoms with Gasteiger partial charge in [-0.3, -0.25) is 5.32 Å². The van der Waals surface area contributed by atoms with Crippen molar-refractivity contribution >= 4 is 0 Å². The van der Waals surface area contributed by atoms with Crippen LogP contribution < -0.4 is 5.32 Å². The van der Waals surface area contributed by atoms with Gasteiger partial charge in [0, 0.05) is 5.56 Å². The molecule has 2 rings (SSSR count). The largest absolute Gasteiger partial charge is 0.361 e. The minimum absolute atomic E-state index is 0.335. The molecule has 3 N–H and O–H groups in total. The lowest BCUT2D eigenvalue weighted by molar-refractivity contribution is -0.183. The van der Waals surface area contributed by atoms with Gasteiger partial charge >= 0.3 is 0 Å². The molecule has 0 saturated heterocycles. The third kappa shape index (κ3) is 1.64. The number of fused-ring (bicyclic) bond motifs is 1. The third-order valence-electron chi connectivity index (χ3n) is 2.77. The predicted octanol–water partition coefficient (Wildman–Crippen LogP) is -0.0285. The molecule has 78 valence electrons. The van der Waals surface area contributed by atoms with Crippen LogP contribution in [0.5, 0.6) is 0 Å². The summed E-state index contributed by atoms with van der Waals surface area (Å²) in [6.45, 7) is 0.335. The maximum absolute atomic E-state index is 9.96. The van der Waals surface area contributed by atoms with Gasteiger partial charge in [0.25, 0.3) is 0 Å². The Kier molecular flexibility index (Phi) is 2.49. The Hall–Kier alpha value is -1.34. The first kappa shape index (κ1) is 10.2. The highest BCUT2D eigenvalue weighted by Crippen LogP contribution is 2.34. The summed E-state index contributed by atoms with van der Waals surface area (Å²) in [6, 6.07) is 6.88. The third-order valence-corrected chi connectivity index (χ3v) is 2.77. The van der Waals surface area contributed by atoms with Crippen LogP contribution in [-0.4, -0.2) is 22.8 Å². The second kappa shape index (κ2) is 3.67. The van der Waals surface area contributed by atoms with Crippen LogP contribution in [0, 0.1) is 12.3 Å². The van der Waals surface area contributed by atoms with Gasteiger partial charge in [-0.1, -0.05) is 30.2 Å². The summed E-state index contributed by atoms with van der Waals surface area (Å²) in [5.41, 5.74) is 1.52. The van der Waals surface area contributed by atoms with Crippen LogP contribution in [0.4, 0.5) is 0 Å². The van der Waals surface area contributed by atoms with Crippen molar-refractivity contribution in [1.29, 1.82) is 0 Å². The minimum atomic E-state index is -1.81. The molecule has 1 unspecified atom stereocenters. The summed E-state index contributed by atoms with van der Waals surface area (Å²) in [7, 11) is 0. The van der Waals surface area contributed by atoms with Gasteiger partial charge in [-0.25, -0.2) is 0 Å². The van der Waals surface area contributed by atoms with Gasteiger partial charge in [-0.15, -0.1) is 6.42 Å². The van der Waals surface area contributed by atoms with E-state index in [2.05, 4.69) is 11.2 Å². The summed E-state index contributed by atoms with van der Waals surface area (Å²) in [5, 5.41) is 22.8. The van der Waals surface area contributed by atoms with E-state index < -0.39 is 11.8 Å². The summed E-state index contributed by atoms with van der Waals surface area (Å²) in [6.07, 6.45) is 5.71. The lowest BCUT2D eigenvalue weighted by Gasteiger charge is -2.25. The van der Waals surface area contributed by atoms with Crippen LogP contribution in [0.15, 0.2) is 24.3 Å². The average Bonchev–Trinajstić information content (AvgIpc) is 2.48. The average molecular weight is 203 g/mol. The van der Waals surface area contributed by atoms with Crippen LogP contribution in [0.1, 0.15) is 11.1 Å². The SMILES string of the molecule is C#CCNC1Cc2ccccc2C1(O)O. The van der Waals surface area contributed by atoms with E-state index in [0.717, 1.165) is 5.56 Å². The van der Waals surface area contributed by atoms with Crippen molar-refractivity contribution in [3.8, 4) is 12.3 Å². The molecule has 1 aliphatic rings. The van der Waals surface area contributed by atoms with Crippen LogP contribution in [0.25, 0.3) is 0 Å². The Labute approximate surface area is 88.8 Å². The summed E-state index contributed by atoms with van der Waals surface area (Å²) < 4.78 is 0. The second-order valence-electron chi connectivity index (χ2n) is 3.73. The standard InChI is InChI=1S/C12H13NO2/c1-2-7-13-11-8-9-5-3-4-6-10(9)12(11,14)15/h1,3-6,11,13-15H,7-8H2. The van der Waals surface area contributed by atoms with E-state index in [1.165, 1.54) is 0 Å². The Balaban J connectivity index is 2.27. The molecule has 0 heterocycles. The van der Waals surface area contributed by atoms with E-state index in [4.69, 9.17) is 6.42 Å². The fraction of sp³-hybridized carbons (Fsp3) is 0.333. The first-order valence-electron chi connectivity index (χ1n) is 4.86. The molecule has 1 aromatic carbocycles. The van der Waals surface area contributed by atoms with E-state index in [-0.39, 0.29) is 0 Å². The topological polar surface area (TPSA) is 52.5 Å². The quantitative estimate of drug-likeness (QED) is 0.467. The lowest BCUT2D eigenvalue weighted by Crippen LogP contribution is -2.45. The molecule has 0 bridgehead atoms. The maximum Gasteiger partial charge on any atom is 0.206 e. The van der Waals surface area contributed by atoms with E-state index in [9.17, 15) is 10.2 Å². The fourth-order valence-electron chi connectivity index (χ4n) is 2.00. The molecule has 0 aromatic heterocycles. The number of terminal acetylenes is 1. The zero-order valence-electron chi connectivity index (χ0n) is 8.27. The highest BCUT2D eigenvalue weighted by Gasteiger charge is 2.43. The van der Waals surface area contributed by atoms with Crippen LogP contribution in [0.3, 0.4) is 0 Å². The smallest absolute Gasteiger partial charge is 0.206 e. The van der Waals surface area contributed by atoms with Crippen molar-refractivity contribution < 1.29 is 10.2 Å². The van der Waals surface area contributed by atoms with Gasteiger partial charge in [0.1, 0.15) is 0 Å². The fourth-order valence-corrected chi connectivity index (χ4v) is 2.00. The maximum atomic E-state index is 9.96. The Morgan fingerprint density at radius 1 is 1.47 bits per heavy atom. The monoisotopic (exact) mass is 203 g/mol. The molecule has 3 heteroatoms. The number of nitrogens with one attached hydrogen (secondary N) is 1. The van der Waals surface area contributed by atoms with Crippen LogP contribution in [0.2, 0.25) is 0 Å². The van der Waals surface area contributed by atoms with Crippen LogP contribution >= 0.6 is 0 Å². The lowest BCUT2D eigenvalue weighted by atomic mass is 10.1. The molecule has 1 aliphatic carbocycles. The zero-order valence-corrected chi connectivity index (χ0v) is 8.27. The molecular formula is C12H13NO2. The summed E-state index contributed by atoms with van der Waals surface area (Å²) >= 11 is 0. The number of rotatable bonds is 2. The molecule has 0 aliphatic heterocycles. The van der Waals surface area contributed by atoms with Crippen molar-refractivity contribution in [2.24, 2.45) is 0 Å². The molecule has 1 aromatic rings. The van der Waals surface area contributed by atoms with E-state index >= 15 is 0 Å². The zero-order chi connectivity index (χ0) is 10.9. The molecular weight excluding hydrogens is 190 g/mol. The first-order valence-corrected chi connectivity index (χ1v) is 4.86. The van der Waals surface area contributed by atoms with Gasteiger partial charge in [-0.05, 0) is 12.0 Å². The number of hydrogen-bond acceptors (Lipinski definition) is 3. The van der Waals surface area contributed by atoms with Gasteiger partial charge in [-0.2, -0.15) is 0 Å². The van der Waals surface area contributed by atoms with Gasteiger partial charge in [0.2, 0.25) is 5.79 Å². The molecule has 0 amide bonds. The molecule has 3 nitrogen and oxygen atoms in total. The van der Waals surface area contributed by atoms with Crippen molar-refractivity contribution in [1.82, 2.24) is 5.32 Å². The number of aliphatic hydroxyl groups is 2. The van der Waals surface area contributed by atoms with Gasteiger partial charge in [0.05, 0.1) is 12.6 Å². The highest BCUT2D eigenvalue weighted by atomic mass is 16.5. The Bertz CT molecular complexity index is 406. The molecule has 1 atom stereocenters. The van der Waals surface area contributed by atoms with Crippen LogP contribution in [-0.2, 0) is 12.2 Å². The summed E-state index contributed by atoms with van der Waals surface area (Å²) in [4.78, 5) is 0. The summed E-state index contributed by atoms with van der Waals surface area (Å²) in [5.74, 6) is 0.614. The van der Waals surface area contributed by atoms with Crippen molar-refractivity contribution in [2.75, 3.05) is 6.54 Å².